The minimum Gasteiger partial charge on any atom is -0.303 e. The number of hydrogen-bond donors (Lipinski definition) is 0. The van der Waals surface area contributed by atoms with Gasteiger partial charge in [0.1, 0.15) is 0 Å². The molecule has 180 valence electrons. The van der Waals surface area contributed by atoms with Crippen molar-refractivity contribution in [1.29, 1.82) is 0 Å². The van der Waals surface area contributed by atoms with Crippen LogP contribution in [0.2, 0.25) is 0 Å². The molecular weight excluding hydrogens is 378 g/mol. The van der Waals surface area contributed by atoms with E-state index in [1.54, 1.807) is 0 Å². The highest BCUT2D eigenvalue weighted by Crippen LogP contribution is 2.42. The lowest BCUT2D eigenvalue weighted by Crippen LogP contribution is -2.53. The molecule has 0 saturated carbocycles. The van der Waals surface area contributed by atoms with Gasteiger partial charge < -0.3 is 4.90 Å². The number of nitrogens with zero attached hydrogens (tertiary/aromatic N) is 2. The fourth-order valence-electron chi connectivity index (χ4n) is 5.06. The summed E-state index contributed by atoms with van der Waals surface area (Å²) in [5, 5.41) is 0. The number of alkyl halides is 2. The van der Waals surface area contributed by atoms with E-state index in [0.29, 0.717) is 24.3 Å². The van der Waals surface area contributed by atoms with Crippen molar-refractivity contribution < 1.29 is 8.78 Å². The predicted octanol–water partition coefficient (Wildman–Crippen LogP) is 7.19. The van der Waals surface area contributed by atoms with Gasteiger partial charge in [-0.15, -0.1) is 0 Å². The van der Waals surface area contributed by atoms with Gasteiger partial charge >= 0.3 is 0 Å². The van der Waals surface area contributed by atoms with Crippen molar-refractivity contribution >= 4 is 0 Å². The Bertz CT molecular complexity index is 453. The first-order chi connectivity index (χ1) is 13.9. The maximum absolute atomic E-state index is 14.7. The Morgan fingerprint density at radius 2 is 1.47 bits per heavy atom. The average molecular weight is 431 g/mol. The summed E-state index contributed by atoms with van der Waals surface area (Å²) in [6.45, 7) is 21.8. The standard InChI is InChI=1S/C22H42F2N2.C4H10/c1-6-19(5)14-21(7-2)9-12-25(13-10-21)16-20-8-11-26(15-18(3)4)17-22(20,23)24;1-4(2)3/h18-20H,6-17H2,1-5H3;4H,1-3H3. The van der Waals surface area contributed by atoms with E-state index >= 15 is 0 Å². The van der Waals surface area contributed by atoms with Gasteiger partial charge in [0.2, 0.25) is 0 Å². The third-order valence-corrected chi connectivity index (χ3v) is 7.07. The molecule has 0 aromatic carbocycles. The van der Waals surface area contributed by atoms with Crippen molar-refractivity contribution in [2.45, 2.75) is 99.8 Å². The summed E-state index contributed by atoms with van der Waals surface area (Å²) in [5.41, 5.74) is 0.453. The lowest BCUT2D eigenvalue weighted by molar-refractivity contribution is -0.122. The first-order valence-corrected chi connectivity index (χ1v) is 12.8. The highest BCUT2D eigenvalue weighted by atomic mass is 19.3. The molecule has 0 aromatic rings. The van der Waals surface area contributed by atoms with Gasteiger partial charge in [0.05, 0.1) is 6.54 Å². The van der Waals surface area contributed by atoms with E-state index in [-0.39, 0.29) is 6.54 Å². The third kappa shape index (κ3) is 9.51. The highest BCUT2D eigenvalue weighted by molar-refractivity contribution is 4.91. The smallest absolute Gasteiger partial charge is 0.264 e. The van der Waals surface area contributed by atoms with Gasteiger partial charge in [-0.1, -0.05) is 68.2 Å². The van der Waals surface area contributed by atoms with Crippen LogP contribution in [0.1, 0.15) is 93.9 Å². The molecule has 0 aliphatic carbocycles. The maximum Gasteiger partial charge on any atom is 0.264 e. The van der Waals surface area contributed by atoms with Crippen LogP contribution in [0.4, 0.5) is 8.78 Å². The molecule has 4 heteroatoms. The second-order valence-corrected chi connectivity index (χ2v) is 11.5. The van der Waals surface area contributed by atoms with Crippen molar-refractivity contribution in [3.8, 4) is 0 Å². The SMILES string of the molecule is CC(C)C.CCC(C)CC1(CC)CCN(CC2CCN(CC(C)C)CC2(F)F)CC1. The third-order valence-electron chi connectivity index (χ3n) is 7.07. The van der Waals surface area contributed by atoms with Crippen LogP contribution in [-0.2, 0) is 0 Å². The lowest BCUT2D eigenvalue weighted by Gasteiger charge is -2.46. The fourth-order valence-corrected chi connectivity index (χ4v) is 5.06. The van der Waals surface area contributed by atoms with Gasteiger partial charge in [-0.25, -0.2) is 8.78 Å². The largest absolute Gasteiger partial charge is 0.303 e. The molecule has 2 aliphatic heterocycles. The number of hydrogen-bond acceptors (Lipinski definition) is 2. The van der Waals surface area contributed by atoms with E-state index in [0.717, 1.165) is 38.0 Å². The Labute approximate surface area is 187 Å². The zero-order valence-corrected chi connectivity index (χ0v) is 21.4. The zero-order chi connectivity index (χ0) is 22.9. The summed E-state index contributed by atoms with van der Waals surface area (Å²) in [6, 6.07) is 0. The molecular formula is C26H52F2N2. The molecule has 0 aromatic heterocycles. The van der Waals surface area contributed by atoms with Crippen LogP contribution >= 0.6 is 0 Å². The van der Waals surface area contributed by atoms with Crippen LogP contribution in [0.5, 0.6) is 0 Å². The first-order valence-electron chi connectivity index (χ1n) is 12.8. The topological polar surface area (TPSA) is 6.48 Å². The predicted molar refractivity (Wildman–Crippen MR) is 127 cm³/mol. The zero-order valence-electron chi connectivity index (χ0n) is 21.4. The van der Waals surface area contributed by atoms with Gasteiger partial charge in [-0.3, -0.25) is 4.90 Å². The Morgan fingerprint density at radius 1 is 0.900 bits per heavy atom. The lowest BCUT2D eigenvalue weighted by atomic mass is 9.70. The van der Waals surface area contributed by atoms with E-state index in [4.69, 9.17) is 0 Å². The fraction of sp³-hybridized carbons (Fsp3) is 1.00. The quantitative estimate of drug-likeness (QED) is 0.402. The molecule has 30 heavy (non-hydrogen) atoms. The molecule has 2 heterocycles. The van der Waals surface area contributed by atoms with E-state index in [2.05, 4.69) is 60.3 Å². The molecule has 2 aliphatic rings. The van der Waals surface area contributed by atoms with E-state index in [1.807, 2.05) is 4.90 Å². The normalized spacial score (nSPS) is 25.8. The molecule has 0 spiro atoms. The molecule has 0 N–H and O–H groups in total. The number of likely N-dealkylation sites (tertiary alicyclic amines) is 2. The molecule has 2 fully saturated rings. The van der Waals surface area contributed by atoms with E-state index in [9.17, 15) is 8.78 Å². The molecule has 2 saturated heterocycles. The van der Waals surface area contributed by atoms with Crippen LogP contribution < -0.4 is 0 Å². The highest BCUT2D eigenvalue weighted by Gasteiger charge is 2.45. The Kier molecular flexibility index (Phi) is 11.8. The number of piperidine rings is 2. The molecule has 2 unspecified atom stereocenters. The van der Waals surface area contributed by atoms with Gasteiger partial charge in [-0.05, 0) is 68.5 Å². The van der Waals surface area contributed by atoms with Crippen LogP contribution in [0.3, 0.4) is 0 Å². The van der Waals surface area contributed by atoms with Gasteiger partial charge in [0.15, 0.2) is 0 Å². The van der Waals surface area contributed by atoms with Crippen molar-refractivity contribution in [1.82, 2.24) is 9.80 Å². The maximum atomic E-state index is 14.7. The second kappa shape index (κ2) is 12.7. The van der Waals surface area contributed by atoms with Crippen LogP contribution in [0, 0.1) is 29.1 Å². The van der Waals surface area contributed by atoms with E-state index < -0.39 is 11.8 Å². The summed E-state index contributed by atoms with van der Waals surface area (Å²) in [5.74, 6) is -0.939. The minimum absolute atomic E-state index is 0.0450. The van der Waals surface area contributed by atoms with Gasteiger partial charge in [0.25, 0.3) is 5.92 Å². The summed E-state index contributed by atoms with van der Waals surface area (Å²) in [6.07, 6.45) is 6.79. The summed E-state index contributed by atoms with van der Waals surface area (Å²) >= 11 is 0. The number of halogens is 2. The first kappa shape index (κ1) is 27.8. The Hall–Kier alpha value is -0.220. The van der Waals surface area contributed by atoms with Crippen molar-refractivity contribution in [2.24, 2.45) is 29.1 Å². The molecule has 2 atom stereocenters. The second-order valence-electron chi connectivity index (χ2n) is 11.5. The summed E-state index contributed by atoms with van der Waals surface area (Å²) in [7, 11) is 0. The monoisotopic (exact) mass is 430 g/mol. The van der Waals surface area contributed by atoms with Gasteiger partial charge in [0, 0.05) is 19.0 Å². The van der Waals surface area contributed by atoms with Crippen LogP contribution in [0.15, 0.2) is 0 Å². The molecule has 2 nitrogen and oxygen atoms in total. The average Bonchev–Trinajstić information content (AvgIpc) is 2.64. The van der Waals surface area contributed by atoms with Crippen LogP contribution in [-0.4, -0.2) is 55.0 Å². The minimum atomic E-state index is -2.54. The molecule has 2 rings (SSSR count). The summed E-state index contributed by atoms with van der Waals surface area (Å²) in [4.78, 5) is 4.30. The number of rotatable bonds is 8. The Balaban J connectivity index is 0.00000103. The molecule has 0 amide bonds. The van der Waals surface area contributed by atoms with Gasteiger partial charge in [-0.2, -0.15) is 0 Å². The van der Waals surface area contributed by atoms with Crippen molar-refractivity contribution in [3.05, 3.63) is 0 Å². The molecule has 0 radical (unpaired) electrons. The Morgan fingerprint density at radius 3 is 1.90 bits per heavy atom. The molecule has 0 bridgehead atoms. The van der Waals surface area contributed by atoms with Crippen LogP contribution in [0.25, 0.3) is 0 Å². The van der Waals surface area contributed by atoms with Crippen molar-refractivity contribution in [3.63, 3.8) is 0 Å². The summed E-state index contributed by atoms with van der Waals surface area (Å²) < 4.78 is 29.4. The van der Waals surface area contributed by atoms with E-state index in [1.165, 1.54) is 32.1 Å². The van der Waals surface area contributed by atoms with Crippen molar-refractivity contribution in [2.75, 3.05) is 39.3 Å².